The molecule has 0 aliphatic carbocycles. The molecule has 7 nitrogen and oxygen atoms in total. The molecule has 0 radical (unpaired) electrons. The van der Waals surface area contributed by atoms with Gasteiger partial charge in [0, 0.05) is 12.8 Å². The first-order valence-electron chi connectivity index (χ1n) is 21.7. The SMILES string of the molecule is CC/C=C\C[C@@H](O)/C=C/C=C\C=C\[C@@H](O)C/C=C\C/C=C\CCC(=O)OC[C@H](O)COC(=O)CCCCCCCCCCCCCCCCCCCCC. The van der Waals surface area contributed by atoms with Crippen molar-refractivity contribution < 1.29 is 34.4 Å². The van der Waals surface area contributed by atoms with Crippen LogP contribution in [0.15, 0.2) is 72.9 Å². The quantitative estimate of drug-likeness (QED) is 0.0249. The van der Waals surface area contributed by atoms with Crippen molar-refractivity contribution in [1.29, 1.82) is 0 Å². The highest BCUT2D eigenvalue weighted by Crippen LogP contribution is 2.15. The van der Waals surface area contributed by atoms with Crippen LogP contribution < -0.4 is 0 Å². The monoisotopic (exact) mass is 757 g/mol. The normalized spacial score (nSPS) is 14.1. The molecule has 0 spiro atoms. The summed E-state index contributed by atoms with van der Waals surface area (Å²) in [7, 11) is 0. The first-order valence-corrected chi connectivity index (χ1v) is 21.7. The molecule has 0 unspecified atom stereocenters. The van der Waals surface area contributed by atoms with Crippen molar-refractivity contribution >= 4 is 11.9 Å². The van der Waals surface area contributed by atoms with Gasteiger partial charge in [-0.2, -0.15) is 0 Å². The maximum atomic E-state index is 12.0. The lowest BCUT2D eigenvalue weighted by Crippen LogP contribution is -2.25. The van der Waals surface area contributed by atoms with Gasteiger partial charge in [-0.25, -0.2) is 0 Å². The molecular formula is C47H80O7. The molecule has 0 saturated carbocycles. The molecule has 0 aromatic carbocycles. The summed E-state index contributed by atoms with van der Waals surface area (Å²) < 4.78 is 10.3. The van der Waals surface area contributed by atoms with Crippen LogP contribution in [-0.2, 0) is 19.1 Å². The van der Waals surface area contributed by atoms with Crippen LogP contribution in [0.5, 0.6) is 0 Å². The number of carbonyl (C=O) groups excluding carboxylic acids is 2. The number of ether oxygens (including phenoxy) is 2. The fourth-order valence-electron chi connectivity index (χ4n) is 5.82. The zero-order valence-electron chi connectivity index (χ0n) is 34.4. The summed E-state index contributed by atoms with van der Waals surface area (Å²) in [6, 6.07) is 0. The van der Waals surface area contributed by atoms with Gasteiger partial charge >= 0.3 is 11.9 Å². The van der Waals surface area contributed by atoms with Gasteiger partial charge in [-0.15, -0.1) is 0 Å². The van der Waals surface area contributed by atoms with Crippen molar-refractivity contribution in [1.82, 2.24) is 0 Å². The molecule has 0 rings (SSSR count). The Kier molecular flexibility index (Phi) is 39.3. The van der Waals surface area contributed by atoms with Gasteiger partial charge in [-0.1, -0.05) is 202 Å². The number of hydrogen-bond donors (Lipinski definition) is 3. The summed E-state index contributed by atoms with van der Waals surface area (Å²) in [5.74, 6) is -0.726. The van der Waals surface area contributed by atoms with Crippen molar-refractivity contribution in [3.63, 3.8) is 0 Å². The van der Waals surface area contributed by atoms with Gasteiger partial charge in [-0.05, 0) is 38.5 Å². The molecule has 0 aromatic rings. The van der Waals surface area contributed by atoms with Crippen molar-refractivity contribution in [3.05, 3.63) is 72.9 Å². The second-order valence-electron chi connectivity index (χ2n) is 14.5. The Morgan fingerprint density at radius 1 is 0.481 bits per heavy atom. The van der Waals surface area contributed by atoms with Crippen LogP contribution in [0, 0.1) is 0 Å². The lowest BCUT2D eigenvalue weighted by Gasteiger charge is -2.12. The van der Waals surface area contributed by atoms with Gasteiger partial charge in [0.25, 0.3) is 0 Å². The van der Waals surface area contributed by atoms with E-state index in [1.165, 1.54) is 103 Å². The molecular weight excluding hydrogens is 677 g/mol. The van der Waals surface area contributed by atoms with Gasteiger partial charge in [0.15, 0.2) is 0 Å². The molecule has 0 aromatic heterocycles. The van der Waals surface area contributed by atoms with Crippen LogP contribution >= 0.6 is 0 Å². The average Bonchev–Trinajstić information content (AvgIpc) is 3.16. The standard InChI is InChI=1S/C47H80O7/c1-3-5-7-8-9-10-11-12-13-14-15-16-17-18-19-20-21-25-33-39-46(51)53-41-45(50)42-54-47(52)40-34-26-23-22-24-30-36-44(49)38-32-28-27-31-37-43(48)35-29-6-4-2/h6,23-24,26-32,37-38,43-45,48-50H,3-5,7-22,25,33-36,39-42H2,1-2H3/b26-23-,28-27-,29-6-,30-24-,37-31+,38-32+/t43-,44+,45-/m1/s1. The van der Waals surface area contributed by atoms with Crippen molar-refractivity contribution in [2.24, 2.45) is 0 Å². The van der Waals surface area contributed by atoms with E-state index in [0.717, 1.165) is 25.7 Å². The van der Waals surface area contributed by atoms with Gasteiger partial charge in [-0.3, -0.25) is 9.59 Å². The fourth-order valence-corrected chi connectivity index (χ4v) is 5.82. The molecule has 3 N–H and O–H groups in total. The lowest BCUT2D eigenvalue weighted by molar-refractivity contribution is -0.152. The molecule has 0 amide bonds. The molecule has 7 heteroatoms. The lowest BCUT2D eigenvalue weighted by atomic mass is 10.0. The molecule has 0 saturated heterocycles. The van der Waals surface area contributed by atoms with Gasteiger partial charge in [0.2, 0.25) is 0 Å². The third-order valence-corrected chi connectivity index (χ3v) is 9.14. The molecule has 0 heterocycles. The minimum absolute atomic E-state index is 0.168. The Morgan fingerprint density at radius 3 is 1.35 bits per heavy atom. The Bertz CT molecular complexity index is 1030. The van der Waals surface area contributed by atoms with Crippen LogP contribution in [0.3, 0.4) is 0 Å². The smallest absolute Gasteiger partial charge is 0.306 e. The molecule has 0 bridgehead atoms. The molecule has 310 valence electrons. The van der Waals surface area contributed by atoms with E-state index in [1.54, 1.807) is 24.3 Å². The summed E-state index contributed by atoms with van der Waals surface area (Å²) in [5, 5.41) is 29.9. The van der Waals surface area contributed by atoms with E-state index >= 15 is 0 Å². The molecule has 0 aliphatic heterocycles. The van der Waals surface area contributed by atoms with Crippen molar-refractivity contribution in [2.45, 2.75) is 199 Å². The summed E-state index contributed by atoms with van der Waals surface area (Å²) >= 11 is 0. The Balaban J connectivity index is 3.64. The van der Waals surface area contributed by atoms with Crippen LogP contribution in [0.1, 0.15) is 181 Å². The predicted molar refractivity (Wildman–Crippen MR) is 226 cm³/mol. The van der Waals surface area contributed by atoms with E-state index in [0.29, 0.717) is 32.1 Å². The van der Waals surface area contributed by atoms with E-state index in [9.17, 15) is 24.9 Å². The summed E-state index contributed by atoms with van der Waals surface area (Å²) in [6.07, 6.45) is 49.0. The van der Waals surface area contributed by atoms with Gasteiger partial charge in [0.05, 0.1) is 12.2 Å². The van der Waals surface area contributed by atoms with E-state index in [-0.39, 0.29) is 25.6 Å². The topological polar surface area (TPSA) is 113 Å². The number of allylic oxidation sites excluding steroid dienone is 8. The number of rotatable bonds is 38. The Morgan fingerprint density at radius 2 is 0.889 bits per heavy atom. The highest BCUT2D eigenvalue weighted by atomic mass is 16.6. The summed E-state index contributed by atoms with van der Waals surface area (Å²) in [4.78, 5) is 24.0. The minimum Gasteiger partial charge on any atom is -0.463 e. The largest absolute Gasteiger partial charge is 0.463 e. The average molecular weight is 757 g/mol. The summed E-state index contributed by atoms with van der Waals surface area (Å²) in [5.41, 5.74) is 0. The van der Waals surface area contributed by atoms with Crippen LogP contribution in [0.25, 0.3) is 0 Å². The highest BCUT2D eigenvalue weighted by Gasteiger charge is 2.11. The van der Waals surface area contributed by atoms with Gasteiger partial charge < -0.3 is 24.8 Å². The number of carbonyl (C=O) groups is 2. The Hall–Kier alpha value is -2.74. The first kappa shape index (κ1) is 51.3. The van der Waals surface area contributed by atoms with Crippen LogP contribution in [0.2, 0.25) is 0 Å². The third kappa shape index (κ3) is 40.4. The summed E-state index contributed by atoms with van der Waals surface area (Å²) in [6.45, 7) is 3.97. The maximum absolute atomic E-state index is 12.0. The predicted octanol–water partition coefficient (Wildman–Crippen LogP) is 11.7. The zero-order valence-corrected chi connectivity index (χ0v) is 34.4. The van der Waals surface area contributed by atoms with E-state index in [1.807, 2.05) is 48.6 Å². The molecule has 0 fully saturated rings. The first-order chi connectivity index (χ1) is 26.4. The number of aliphatic hydroxyl groups excluding tert-OH is 3. The second-order valence-corrected chi connectivity index (χ2v) is 14.5. The third-order valence-electron chi connectivity index (χ3n) is 9.14. The fraction of sp³-hybridized carbons (Fsp3) is 0.702. The van der Waals surface area contributed by atoms with Crippen molar-refractivity contribution in [3.8, 4) is 0 Å². The molecule has 54 heavy (non-hydrogen) atoms. The number of esters is 2. The second kappa shape index (κ2) is 41.4. The minimum atomic E-state index is -1.03. The number of hydrogen-bond acceptors (Lipinski definition) is 7. The van der Waals surface area contributed by atoms with E-state index in [2.05, 4.69) is 13.8 Å². The zero-order chi connectivity index (χ0) is 39.6. The maximum Gasteiger partial charge on any atom is 0.306 e. The number of aliphatic hydroxyl groups is 3. The van der Waals surface area contributed by atoms with Crippen molar-refractivity contribution in [2.75, 3.05) is 13.2 Å². The Labute approximate surface area is 330 Å². The molecule has 3 atom stereocenters. The number of unbranched alkanes of at least 4 members (excludes halogenated alkanes) is 18. The van der Waals surface area contributed by atoms with Crippen LogP contribution in [-0.4, -0.2) is 58.8 Å². The van der Waals surface area contributed by atoms with Crippen LogP contribution in [0.4, 0.5) is 0 Å². The van der Waals surface area contributed by atoms with E-state index in [4.69, 9.17) is 9.47 Å². The van der Waals surface area contributed by atoms with E-state index < -0.39 is 24.3 Å². The highest BCUT2D eigenvalue weighted by molar-refractivity contribution is 5.70. The molecule has 0 aliphatic rings. The van der Waals surface area contributed by atoms with Gasteiger partial charge in [0.1, 0.15) is 19.3 Å².